The maximum Gasteiger partial charge on any atom is 0.313 e. The fourth-order valence-electron chi connectivity index (χ4n) is 2.15. The quantitative estimate of drug-likeness (QED) is 0.846. The van der Waals surface area contributed by atoms with Gasteiger partial charge in [0.1, 0.15) is 0 Å². The van der Waals surface area contributed by atoms with Crippen LogP contribution in [0.3, 0.4) is 0 Å². The molecule has 0 saturated carbocycles. The van der Waals surface area contributed by atoms with Crippen LogP contribution in [0, 0.1) is 0 Å². The molecule has 120 valence electrons. The van der Waals surface area contributed by atoms with Crippen molar-refractivity contribution >= 4 is 23.2 Å². The highest BCUT2D eigenvalue weighted by Gasteiger charge is 2.18. The number of carbonyl (C=O) groups is 2. The number of amides is 2. The zero-order chi connectivity index (χ0) is 16.8. The maximum absolute atomic E-state index is 12.1. The number of anilines is 2. The van der Waals surface area contributed by atoms with Crippen LogP contribution in [0.1, 0.15) is 18.5 Å². The van der Waals surface area contributed by atoms with E-state index in [1.165, 1.54) is 0 Å². The van der Waals surface area contributed by atoms with Crippen LogP contribution in [0.25, 0.3) is 0 Å². The Morgan fingerprint density at radius 1 is 1.04 bits per heavy atom. The predicted octanol–water partition coefficient (Wildman–Crippen LogP) is 1.96. The van der Waals surface area contributed by atoms with Crippen molar-refractivity contribution in [2.45, 2.75) is 13.0 Å². The van der Waals surface area contributed by atoms with Gasteiger partial charge in [0.2, 0.25) is 0 Å². The molecule has 1 heterocycles. The summed E-state index contributed by atoms with van der Waals surface area (Å²) in [6.45, 7) is 1.81. The zero-order valence-electron chi connectivity index (χ0n) is 13.4. The number of hydrogen-bond acceptors (Lipinski definition) is 4. The fraction of sp³-hybridized carbons (Fsp3) is 0.235. The normalized spacial score (nSPS) is 11.4. The van der Waals surface area contributed by atoms with Gasteiger partial charge < -0.3 is 15.5 Å². The van der Waals surface area contributed by atoms with Crippen molar-refractivity contribution in [3.63, 3.8) is 0 Å². The minimum absolute atomic E-state index is 0.277. The molecule has 0 radical (unpaired) electrons. The first-order valence-corrected chi connectivity index (χ1v) is 7.27. The Morgan fingerprint density at radius 3 is 2.35 bits per heavy atom. The van der Waals surface area contributed by atoms with Gasteiger partial charge >= 0.3 is 11.8 Å². The van der Waals surface area contributed by atoms with Crippen molar-refractivity contribution in [2.75, 3.05) is 24.3 Å². The molecule has 1 aromatic heterocycles. The van der Waals surface area contributed by atoms with E-state index in [9.17, 15) is 9.59 Å². The summed E-state index contributed by atoms with van der Waals surface area (Å²) in [5.41, 5.74) is 2.31. The van der Waals surface area contributed by atoms with Crippen LogP contribution in [0.4, 0.5) is 11.4 Å². The minimum atomic E-state index is -0.694. The van der Waals surface area contributed by atoms with Gasteiger partial charge in [-0.3, -0.25) is 14.6 Å². The highest BCUT2D eigenvalue weighted by Crippen LogP contribution is 2.23. The van der Waals surface area contributed by atoms with E-state index in [1.807, 2.05) is 38.1 Å². The molecule has 1 unspecified atom stereocenters. The van der Waals surface area contributed by atoms with Gasteiger partial charge in [-0.25, -0.2) is 0 Å². The number of nitrogens with zero attached hydrogens (tertiary/aromatic N) is 2. The van der Waals surface area contributed by atoms with Crippen LogP contribution in [0.5, 0.6) is 0 Å². The summed E-state index contributed by atoms with van der Waals surface area (Å²) in [4.78, 5) is 30.0. The number of carbonyl (C=O) groups excluding carboxylic acids is 2. The molecule has 0 fully saturated rings. The number of nitrogens with one attached hydrogen (secondary N) is 2. The summed E-state index contributed by atoms with van der Waals surface area (Å²) in [5.74, 6) is -1.37. The summed E-state index contributed by atoms with van der Waals surface area (Å²) in [5, 5.41) is 5.32. The highest BCUT2D eigenvalue weighted by molar-refractivity contribution is 6.40. The Hall–Kier alpha value is -2.89. The Kier molecular flexibility index (Phi) is 5.30. The largest absolute Gasteiger partial charge is 0.376 e. The third-order valence-electron chi connectivity index (χ3n) is 3.39. The van der Waals surface area contributed by atoms with E-state index in [4.69, 9.17) is 0 Å². The SMILES string of the molecule is CC(NC(=O)C(=O)Nc1ccccc1N(C)C)c1ccncc1. The summed E-state index contributed by atoms with van der Waals surface area (Å²) in [6.07, 6.45) is 3.29. The van der Waals surface area contributed by atoms with Gasteiger partial charge in [0.15, 0.2) is 0 Å². The molecule has 23 heavy (non-hydrogen) atoms. The van der Waals surface area contributed by atoms with Crippen molar-refractivity contribution in [2.24, 2.45) is 0 Å². The molecule has 0 aliphatic carbocycles. The van der Waals surface area contributed by atoms with Gasteiger partial charge in [-0.15, -0.1) is 0 Å². The molecule has 0 saturated heterocycles. The Balaban J connectivity index is 2.02. The highest BCUT2D eigenvalue weighted by atomic mass is 16.2. The predicted molar refractivity (Wildman–Crippen MR) is 90.2 cm³/mol. The average Bonchev–Trinajstić information content (AvgIpc) is 2.55. The molecule has 0 aliphatic rings. The summed E-state index contributed by atoms with van der Waals surface area (Å²) in [6, 6.07) is 10.6. The second-order valence-electron chi connectivity index (χ2n) is 5.34. The molecule has 0 spiro atoms. The monoisotopic (exact) mass is 312 g/mol. The lowest BCUT2D eigenvalue weighted by molar-refractivity contribution is -0.136. The molecule has 0 aliphatic heterocycles. The first-order valence-electron chi connectivity index (χ1n) is 7.27. The second-order valence-corrected chi connectivity index (χ2v) is 5.34. The number of hydrogen-bond donors (Lipinski definition) is 2. The third kappa shape index (κ3) is 4.29. The third-order valence-corrected chi connectivity index (χ3v) is 3.39. The van der Waals surface area contributed by atoms with Crippen LogP contribution in [0.15, 0.2) is 48.8 Å². The lowest BCUT2D eigenvalue weighted by atomic mass is 10.1. The smallest absolute Gasteiger partial charge is 0.313 e. The first-order chi connectivity index (χ1) is 11.0. The van der Waals surface area contributed by atoms with E-state index in [1.54, 1.807) is 36.7 Å². The van der Waals surface area contributed by atoms with Crippen LogP contribution in [0.2, 0.25) is 0 Å². The van der Waals surface area contributed by atoms with Gasteiger partial charge in [0.25, 0.3) is 0 Å². The molecule has 2 amide bonds. The Morgan fingerprint density at radius 2 is 1.70 bits per heavy atom. The summed E-state index contributed by atoms with van der Waals surface area (Å²) in [7, 11) is 3.74. The molecule has 0 bridgehead atoms. The number of para-hydroxylation sites is 2. The molecular weight excluding hydrogens is 292 g/mol. The van der Waals surface area contributed by atoms with Crippen molar-refractivity contribution in [3.8, 4) is 0 Å². The van der Waals surface area contributed by atoms with E-state index in [-0.39, 0.29) is 6.04 Å². The van der Waals surface area contributed by atoms with E-state index >= 15 is 0 Å². The molecule has 2 aromatic rings. The minimum Gasteiger partial charge on any atom is -0.376 e. The molecule has 2 rings (SSSR count). The standard InChI is InChI=1S/C17H20N4O2/c1-12(13-8-10-18-11-9-13)19-16(22)17(23)20-14-6-4-5-7-15(14)21(2)3/h4-12H,1-3H3,(H,19,22)(H,20,23). The second kappa shape index (κ2) is 7.40. The number of aromatic nitrogens is 1. The van der Waals surface area contributed by atoms with Crippen LogP contribution in [-0.2, 0) is 9.59 Å². The topological polar surface area (TPSA) is 74.3 Å². The van der Waals surface area contributed by atoms with Gasteiger partial charge in [0, 0.05) is 26.5 Å². The van der Waals surface area contributed by atoms with Crippen LogP contribution in [-0.4, -0.2) is 30.9 Å². The van der Waals surface area contributed by atoms with Crippen LogP contribution >= 0.6 is 0 Å². The average molecular weight is 312 g/mol. The van der Waals surface area contributed by atoms with Crippen molar-refractivity contribution in [1.82, 2.24) is 10.3 Å². The van der Waals surface area contributed by atoms with Gasteiger partial charge in [-0.2, -0.15) is 0 Å². The summed E-state index contributed by atoms with van der Waals surface area (Å²) < 4.78 is 0. The number of benzene rings is 1. The van der Waals surface area contributed by atoms with E-state index in [0.717, 1.165) is 11.3 Å². The maximum atomic E-state index is 12.1. The zero-order valence-corrected chi connectivity index (χ0v) is 13.4. The van der Waals surface area contributed by atoms with E-state index in [2.05, 4.69) is 15.6 Å². The van der Waals surface area contributed by atoms with Crippen molar-refractivity contribution in [1.29, 1.82) is 0 Å². The lowest BCUT2D eigenvalue weighted by Gasteiger charge is -2.18. The molecule has 6 nitrogen and oxygen atoms in total. The molecule has 1 aromatic carbocycles. The molecule has 6 heteroatoms. The fourth-order valence-corrected chi connectivity index (χ4v) is 2.15. The van der Waals surface area contributed by atoms with Gasteiger partial charge in [0.05, 0.1) is 17.4 Å². The number of pyridine rings is 1. The van der Waals surface area contributed by atoms with Crippen LogP contribution < -0.4 is 15.5 Å². The molecule has 1 atom stereocenters. The Labute approximate surface area is 135 Å². The van der Waals surface area contributed by atoms with E-state index in [0.29, 0.717) is 5.69 Å². The van der Waals surface area contributed by atoms with Gasteiger partial charge in [-0.05, 0) is 36.8 Å². The lowest BCUT2D eigenvalue weighted by Crippen LogP contribution is -2.37. The Bertz CT molecular complexity index is 686. The first kappa shape index (κ1) is 16.5. The van der Waals surface area contributed by atoms with Crippen molar-refractivity contribution < 1.29 is 9.59 Å². The summed E-state index contributed by atoms with van der Waals surface area (Å²) >= 11 is 0. The van der Waals surface area contributed by atoms with Gasteiger partial charge in [-0.1, -0.05) is 12.1 Å². The molecular formula is C17H20N4O2. The number of rotatable bonds is 4. The molecule has 2 N–H and O–H groups in total. The van der Waals surface area contributed by atoms with E-state index < -0.39 is 11.8 Å². The van der Waals surface area contributed by atoms with Crippen molar-refractivity contribution in [3.05, 3.63) is 54.4 Å².